The molecular formula is C18H30O5. The van der Waals surface area contributed by atoms with Gasteiger partial charge in [-0.05, 0) is 70.1 Å². The fourth-order valence-electron chi connectivity index (χ4n) is 3.07. The standard InChI is InChI=1S/C18H30O5/c1-16(2,3)23-15(21)13-18(6-7-18)9-11-22-10-8-17(4-5-17)12-14(19)20/h4-13H2,1-3H3,(H,19,20). The highest BCUT2D eigenvalue weighted by atomic mass is 16.6. The number of rotatable bonds is 10. The smallest absolute Gasteiger partial charge is 0.306 e. The molecule has 0 aromatic carbocycles. The topological polar surface area (TPSA) is 72.8 Å². The summed E-state index contributed by atoms with van der Waals surface area (Å²) in [6.07, 6.45) is 6.61. The number of aliphatic carboxylic acids is 1. The normalized spacial score (nSPS) is 20.8. The molecule has 2 aliphatic carbocycles. The number of esters is 1. The molecule has 0 aliphatic heterocycles. The van der Waals surface area contributed by atoms with E-state index in [9.17, 15) is 9.59 Å². The van der Waals surface area contributed by atoms with Crippen molar-refractivity contribution in [3.63, 3.8) is 0 Å². The maximum atomic E-state index is 11.9. The molecule has 2 fully saturated rings. The largest absolute Gasteiger partial charge is 0.481 e. The molecule has 0 unspecified atom stereocenters. The predicted octanol–water partition coefficient (Wildman–Crippen LogP) is 3.55. The predicted molar refractivity (Wildman–Crippen MR) is 86.1 cm³/mol. The van der Waals surface area contributed by atoms with Crippen molar-refractivity contribution in [3.05, 3.63) is 0 Å². The van der Waals surface area contributed by atoms with Gasteiger partial charge in [-0.15, -0.1) is 0 Å². The lowest BCUT2D eigenvalue weighted by Gasteiger charge is -2.22. The number of carbonyl (C=O) groups is 2. The van der Waals surface area contributed by atoms with Gasteiger partial charge >= 0.3 is 11.9 Å². The Hall–Kier alpha value is -1.10. The zero-order valence-corrected chi connectivity index (χ0v) is 14.7. The third-order valence-electron chi connectivity index (χ3n) is 4.93. The van der Waals surface area contributed by atoms with Gasteiger partial charge in [-0.3, -0.25) is 9.59 Å². The number of carboxylic acids is 1. The van der Waals surface area contributed by atoms with Crippen LogP contribution in [0.2, 0.25) is 0 Å². The maximum Gasteiger partial charge on any atom is 0.306 e. The Labute approximate surface area is 138 Å². The van der Waals surface area contributed by atoms with Crippen molar-refractivity contribution < 1.29 is 24.2 Å². The summed E-state index contributed by atoms with van der Waals surface area (Å²) in [6.45, 7) is 6.93. The van der Waals surface area contributed by atoms with Crippen LogP contribution in [-0.4, -0.2) is 35.9 Å². The second kappa shape index (κ2) is 6.80. The van der Waals surface area contributed by atoms with E-state index >= 15 is 0 Å². The van der Waals surface area contributed by atoms with Gasteiger partial charge in [0, 0.05) is 13.2 Å². The Morgan fingerprint density at radius 2 is 1.43 bits per heavy atom. The molecule has 2 rings (SSSR count). The monoisotopic (exact) mass is 326 g/mol. The zero-order valence-electron chi connectivity index (χ0n) is 14.7. The number of ether oxygens (including phenoxy) is 2. The molecule has 0 aromatic heterocycles. The molecule has 1 N–H and O–H groups in total. The van der Waals surface area contributed by atoms with Gasteiger partial charge in [-0.2, -0.15) is 0 Å². The van der Waals surface area contributed by atoms with Gasteiger partial charge < -0.3 is 14.6 Å². The van der Waals surface area contributed by atoms with Crippen LogP contribution in [-0.2, 0) is 19.1 Å². The highest BCUT2D eigenvalue weighted by Gasteiger charge is 2.45. The summed E-state index contributed by atoms with van der Waals surface area (Å²) in [4.78, 5) is 22.7. The molecule has 5 heteroatoms. The molecule has 2 saturated carbocycles. The molecule has 0 aromatic rings. The van der Waals surface area contributed by atoms with Gasteiger partial charge in [-0.25, -0.2) is 0 Å². The third kappa shape index (κ3) is 6.50. The van der Waals surface area contributed by atoms with Crippen LogP contribution in [0.4, 0.5) is 0 Å². The minimum atomic E-state index is -0.711. The second-order valence-corrected chi connectivity index (χ2v) is 8.45. The summed E-state index contributed by atoms with van der Waals surface area (Å²) in [5.74, 6) is -0.829. The fraction of sp³-hybridized carbons (Fsp3) is 0.889. The summed E-state index contributed by atoms with van der Waals surface area (Å²) in [5.41, 5.74) is -0.341. The van der Waals surface area contributed by atoms with Gasteiger partial charge in [0.15, 0.2) is 0 Å². The van der Waals surface area contributed by atoms with E-state index in [1.165, 1.54) is 0 Å². The minimum Gasteiger partial charge on any atom is -0.481 e. The molecule has 23 heavy (non-hydrogen) atoms. The van der Waals surface area contributed by atoms with Gasteiger partial charge in [0.25, 0.3) is 0 Å². The lowest BCUT2D eigenvalue weighted by Crippen LogP contribution is -2.26. The molecule has 0 heterocycles. The van der Waals surface area contributed by atoms with E-state index in [-0.39, 0.29) is 23.2 Å². The van der Waals surface area contributed by atoms with Crippen LogP contribution in [0.25, 0.3) is 0 Å². The summed E-state index contributed by atoms with van der Waals surface area (Å²) < 4.78 is 11.1. The average Bonchev–Trinajstić information content (AvgIpc) is 3.26. The first-order valence-corrected chi connectivity index (χ1v) is 8.65. The Morgan fingerprint density at radius 1 is 0.957 bits per heavy atom. The van der Waals surface area contributed by atoms with E-state index < -0.39 is 11.6 Å². The Kier molecular flexibility index (Phi) is 5.39. The first kappa shape index (κ1) is 18.2. The minimum absolute atomic E-state index is 0.000381. The number of carbonyl (C=O) groups excluding carboxylic acids is 1. The summed E-state index contributed by atoms with van der Waals surface area (Å²) in [5, 5.41) is 8.89. The van der Waals surface area contributed by atoms with E-state index in [0.717, 1.165) is 38.5 Å². The second-order valence-electron chi connectivity index (χ2n) is 8.45. The Balaban J connectivity index is 1.59. The molecule has 0 spiro atoms. The van der Waals surface area contributed by atoms with Gasteiger partial charge in [-0.1, -0.05) is 0 Å². The number of carboxylic acid groups (broad SMARTS) is 1. The molecule has 0 radical (unpaired) electrons. The zero-order chi connectivity index (χ0) is 17.1. The first-order chi connectivity index (χ1) is 10.6. The molecular weight excluding hydrogens is 296 g/mol. The number of hydrogen-bond donors (Lipinski definition) is 1. The van der Waals surface area contributed by atoms with E-state index in [2.05, 4.69) is 0 Å². The van der Waals surface area contributed by atoms with Gasteiger partial charge in [0.1, 0.15) is 5.60 Å². The molecule has 0 atom stereocenters. The van der Waals surface area contributed by atoms with E-state index in [1.807, 2.05) is 20.8 Å². The summed E-state index contributed by atoms with van der Waals surface area (Å²) in [7, 11) is 0. The molecule has 5 nitrogen and oxygen atoms in total. The first-order valence-electron chi connectivity index (χ1n) is 8.65. The van der Waals surface area contributed by atoms with Crippen LogP contribution in [0.15, 0.2) is 0 Å². The number of hydrogen-bond acceptors (Lipinski definition) is 4. The van der Waals surface area contributed by atoms with Gasteiger partial charge in [0.2, 0.25) is 0 Å². The van der Waals surface area contributed by atoms with Crippen LogP contribution in [0.5, 0.6) is 0 Å². The summed E-state index contributed by atoms with van der Waals surface area (Å²) >= 11 is 0. The van der Waals surface area contributed by atoms with Crippen molar-refractivity contribution in [2.45, 2.75) is 77.7 Å². The van der Waals surface area contributed by atoms with Gasteiger partial charge in [0.05, 0.1) is 12.8 Å². The molecule has 0 saturated heterocycles. The third-order valence-corrected chi connectivity index (χ3v) is 4.93. The van der Waals surface area contributed by atoms with Crippen LogP contribution in [0.3, 0.4) is 0 Å². The maximum absolute atomic E-state index is 11.9. The SMILES string of the molecule is CC(C)(C)OC(=O)CC1(CCOCCC2(CC(=O)O)CC2)CC1. The molecule has 2 aliphatic rings. The van der Waals surface area contributed by atoms with Crippen molar-refractivity contribution in [3.8, 4) is 0 Å². The van der Waals surface area contributed by atoms with Crippen LogP contribution < -0.4 is 0 Å². The molecule has 0 amide bonds. The lowest BCUT2D eigenvalue weighted by molar-refractivity contribution is -0.156. The lowest BCUT2D eigenvalue weighted by atomic mass is 9.98. The van der Waals surface area contributed by atoms with E-state index in [4.69, 9.17) is 14.6 Å². The van der Waals surface area contributed by atoms with Crippen molar-refractivity contribution in [1.82, 2.24) is 0 Å². The highest BCUT2D eigenvalue weighted by molar-refractivity contribution is 5.71. The fourth-order valence-corrected chi connectivity index (χ4v) is 3.07. The van der Waals surface area contributed by atoms with Crippen molar-refractivity contribution >= 4 is 11.9 Å². The van der Waals surface area contributed by atoms with Crippen molar-refractivity contribution in [2.24, 2.45) is 10.8 Å². The molecule has 0 bridgehead atoms. The Morgan fingerprint density at radius 3 is 1.83 bits per heavy atom. The van der Waals surface area contributed by atoms with Crippen molar-refractivity contribution in [1.29, 1.82) is 0 Å². The van der Waals surface area contributed by atoms with Crippen LogP contribution >= 0.6 is 0 Å². The quantitative estimate of drug-likeness (QED) is 0.491. The van der Waals surface area contributed by atoms with E-state index in [1.54, 1.807) is 0 Å². The average molecular weight is 326 g/mol. The molecule has 132 valence electrons. The van der Waals surface area contributed by atoms with Crippen molar-refractivity contribution in [2.75, 3.05) is 13.2 Å². The van der Waals surface area contributed by atoms with Crippen LogP contribution in [0, 0.1) is 10.8 Å². The van der Waals surface area contributed by atoms with E-state index in [0.29, 0.717) is 19.6 Å². The summed E-state index contributed by atoms with van der Waals surface area (Å²) in [6, 6.07) is 0. The van der Waals surface area contributed by atoms with Crippen LogP contribution in [0.1, 0.15) is 72.1 Å². The highest BCUT2D eigenvalue weighted by Crippen LogP contribution is 2.53. The Bertz CT molecular complexity index is 441.